The van der Waals surface area contributed by atoms with E-state index in [4.69, 9.17) is 0 Å². The lowest BCUT2D eigenvalue weighted by Gasteiger charge is -2.08. The van der Waals surface area contributed by atoms with E-state index >= 15 is 0 Å². The van der Waals surface area contributed by atoms with Crippen LogP contribution in [0.5, 0.6) is 0 Å². The Kier molecular flexibility index (Phi) is 8.55. The predicted molar refractivity (Wildman–Crippen MR) is 80.1 cm³/mol. The molecule has 1 heterocycles. The molecule has 0 bridgehead atoms. The molecule has 1 aromatic rings. The summed E-state index contributed by atoms with van der Waals surface area (Å²) in [5, 5.41) is 14.2. The van der Waals surface area contributed by atoms with Crippen LogP contribution in [0.2, 0.25) is 0 Å². The van der Waals surface area contributed by atoms with Gasteiger partial charge in [0.2, 0.25) is 0 Å². The van der Waals surface area contributed by atoms with Gasteiger partial charge in [-0.2, -0.15) is 5.10 Å². The molecule has 1 aromatic heterocycles. The first kappa shape index (κ1) is 16.2. The van der Waals surface area contributed by atoms with Crippen molar-refractivity contribution in [2.24, 2.45) is 0 Å². The van der Waals surface area contributed by atoms with E-state index in [1.54, 1.807) is 6.20 Å². The first-order valence-corrected chi connectivity index (χ1v) is 7.98. The van der Waals surface area contributed by atoms with Crippen LogP contribution in [0.15, 0.2) is 12.4 Å². The number of hydrogen-bond donors (Lipinski definition) is 1. The summed E-state index contributed by atoms with van der Waals surface area (Å²) in [6, 6.07) is 0. The minimum absolute atomic E-state index is 0.333. The van der Waals surface area contributed by atoms with E-state index in [9.17, 15) is 5.11 Å². The maximum absolute atomic E-state index is 10.0. The molecule has 0 aliphatic heterocycles. The molecule has 1 unspecified atom stereocenters. The fourth-order valence-corrected chi connectivity index (χ4v) is 2.36. The minimum Gasteiger partial charge on any atom is -0.388 e. The predicted octanol–water partition coefficient (Wildman–Crippen LogP) is 4.47. The molecule has 0 aliphatic rings. The van der Waals surface area contributed by atoms with Crippen molar-refractivity contribution < 1.29 is 5.11 Å². The highest BCUT2D eigenvalue weighted by Gasteiger charge is 2.09. The summed E-state index contributed by atoms with van der Waals surface area (Å²) in [7, 11) is 0. The molecule has 0 aliphatic carbocycles. The van der Waals surface area contributed by atoms with E-state index < -0.39 is 0 Å². The Morgan fingerprint density at radius 1 is 1.05 bits per heavy atom. The smallest absolute Gasteiger partial charge is 0.0820 e. The molecule has 0 spiro atoms. The lowest BCUT2D eigenvalue weighted by molar-refractivity contribution is 0.163. The Labute approximate surface area is 118 Å². The Balaban J connectivity index is 2.02. The highest BCUT2D eigenvalue weighted by molar-refractivity contribution is 5.07. The van der Waals surface area contributed by atoms with E-state index in [0.29, 0.717) is 0 Å². The van der Waals surface area contributed by atoms with Crippen molar-refractivity contribution in [1.29, 1.82) is 0 Å². The van der Waals surface area contributed by atoms with Crippen LogP contribution in [0.25, 0.3) is 0 Å². The highest BCUT2D eigenvalue weighted by Crippen LogP contribution is 2.19. The fourth-order valence-electron chi connectivity index (χ4n) is 2.36. The Morgan fingerprint density at radius 3 is 2.26 bits per heavy atom. The van der Waals surface area contributed by atoms with E-state index in [2.05, 4.69) is 18.9 Å². The molecule has 0 fully saturated rings. The van der Waals surface area contributed by atoms with Crippen molar-refractivity contribution in [3.63, 3.8) is 0 Å². The molecule has 0 aromatic carbocycles. The lowest BCUT2D eigenvalue weighted by Crippen LogP contribution is -1.97. The first-order chi connectivity index (χ1) is 9.27. The Morgan fingerprint density at radius 2 is 1.68 bits per heavy atom. The van der Waals surface area contributed by atoms with Crippen molar-refractivity contribution >= 4 is 0 Å². The van der Waals surface area contributed by atoms with Crippen LogP contribution < -0.4 is 0 Å². The van der Waals surface area contributed by atoms with Crippen molar-refractivity contribution in [2.45, 2.75) is 84.3 Å². The monoisotopic (exact) mass is 266 g/mol. The third-order valence-electron chi connectivity index (χ3n) is 3.69. The molecule has 110 valence electrons. The van der Waals surface area contributed by atoms with Gasteiger partial charge in [0, 0.05) is 18.3 Å². The number of aliphatic hydroxyl groups is 1. The van der Waals surface area contributed by atoms with Crippen molar-refractivity contribution in [3.8, 4) is 0 Å². The second-order valence-electron chi connectivity index (χ2n) is 5.41. The zero-order valence-corrected chi connectivity index (χ0v) is 12.6. The SMILES string of the molecule is CCCCCCCCCCC(O)c1cnn(CC)c1. The van der Waals surface area contributed by atoms with Gasteiger partial charge in [0.25, 0.3) is 0 Å². The molecule has 3 heteroatoms. The molecular formula is C16H30N2O. The van der Waals surface area contributed by atoms with Crippen LogP contribution in [-0.4, -0.2) is 14.9 Å². The number of nitrogens with zero attached hydrogens (tertiary/aromatic N) is 2. The zero-order chi connectivity index (χ0) is 13.9. The average molecular weight is 266 g/mol. The van der Waals surface area contributed by atoms with Crippen molar-refractivity contribution in [3.05, 3.63) is 18.0 Å². The molecular weight excluding hydrogens is 236 g/mol. The molecule has 1 N–H and O–H groups in total. The second-order valence-corrected chi connectivity index (χ2v) is 5.41. The maximum Gasteiger partial charge on any atom is 0.0820 e. The minimum atomic E-state index is -0.333. The number of unbranched alkanes of at least 4 members (excludes halogenated alkanes) is 7. The normalized spacial score (nSPS) is 12.8. The summed E-state index contributed by atoms with van der Waals surface area (Å²) in [6.07, 6.45) is 14.7. The van der Waals surface area contributed by atoms with Gasteiger partial charge in [-0.05, 0) is 13.3 Å². The molecule has 19 heavy (non-hydrogen) atoms. The highest BCUT2D eigenvalue weighted by atomic mass is 16.3. The molecule has 3 nitrogen and oxygen atoms in total. The topological polar surface area (TPSA) is 38.1 Å². The van der Waals surface area contributed by atoms with Crippen molar-refractivity contribution in [1.82, 2.24) is 9.78 Å². The molecule has 1 rings (SSSR count). The number of hydrogen-bond acceptors (Lipinski definition) is 2. The zero-order valence-electron chi connectivity index (χ0n) is 12.6. The van der Waals surface area contributed by atoms with E-state index in [1.807, 2.05) is 10.9 Å². The van der Waals surface area contributed by atoms with Gasteiger partial charge in [0.1, 0.15) is 0 Å². The average Bonchev–Trinajstić information content (AvgIpc) is 2.90. The number of aryl methyl sites for hydroxylation is 1. The molecule has 1 atom stereocenters. The van der Waals surface area contributed by atoms with E-state index in [-0.39, 0.29) is 6.10 Å². The van der Waals surface area contributed by atoms with Crippen LogP contribution in [-0.2, 0) is 6.54 Å². The second kappa shape index (κ2) is 10.0. The third kappa shape index (κ3) is 6.76. The number of aliphatic hydroxyl groups excluding tert-OH is 1. The summed E-state index contributed by atoms with van der Waals surface area (Å²) in [5.41, 5.74) is 0.963. The molecule has 0 amide bonds. The summed E-state index contributed by atoms with van der Waals surface area (Å²) in [6.45, 7) is 5.17. The maximum atomic E-state index is 10.0. The Hall–Kier alpha value is -0.830. The van der Waals surface area contributed by atoms with Crippen LogP contribution in [0.3, 0.4) is 0 Å². The van der Waals surface area contributed by atoms with Crippen LogP contribution in [0.4, 0.5) is 0 Å². The fraction of sp³-hybridized carbons (Fsp3) is 0.812. The van der Waals surface area contributed by atoms with Crippen LogP contribution in [0, 0.1) is 0 Å². The quantitative estimate of drug-likeness (QED) is 0.600. The Bertz CT molecular complexity index is 322. The summed E-state index contributed by atoms with van der Waals surface area (Å²) >= 11 is 0. The largest absolute Gasteiger partial charge is 0.388 e. The summed E-state index contributed by atoms with van der Waals surface area (Å²) in [4.78, 5) is 0. The third-order valence-corrected chi connectivity index (χ3v) is 3.69. The van der Waals surface area contributed by atoms with Gasteiger partial charge in [0.05, 0.1) is 12.3 Å². The van der Waals surface area contributed by atoms with Crippen LogP contribution in [0.1, 0.15) is 83.3 Å². The summed E-state index contributed by atoms with van der Waals surface area (Å²) in [5.74, 6) is 0. The van der Waals surface area contributed by atoms with Gasteiger partial charge >= 0.3 is 0 Å². The molecule has 0 radical (unpaired) electrons. The first-order valence-electron chi connectivity index (χ1n) is 7.98. The van der Waals surface area contributed by atoms with Crippen LogP contribution >= 0.6 is 0 Å². The van der Waals surface area contributed by atoms with Crippen molar-refractivity contribution in [2.75, 3.05) is 0 Å². The van der Waals surface area contributed by atoms with E-state index in [0.717, 1.165) is 24.9 Å². The van der Waals surface area contributed by atoms with Gasteiger partial charge in [-0.3, -0.25) is 4.68 Å². The van der Waals surface area contributed by atoms with Gasteiger partial charge < -0.3 is 5.11 Å². The lowest BCUT2D eigenvalue weighted by atomic mass is 10.0. The van der Waals surface area contributed by atoms with E-state index in [1.165, 1.54) is 44.9 Å². The van der Waals surface area contributed by atoms with Gasteiger partial charge in [-0.25, -0.2) is 0 Å². The number of aromatic nitrogens is 2. The molecule has 0 saturated carbocycles. The summed E-state index contributed by atoms with van der Waals surface area (Å²) < 4.78 is 1.87. The number of rotatable bonds is 11. The van der Waals surface area contributed by atoms with Gasteiger partial charge in [-0.1, -0.05) is 58.3 Å². The standard InChI is InChI=1S/C16H30N2O/c1-3-5-6-7-8-9-10-11-12-16(19)15-13-17-18(4-2)14-15/h13-14,16,19H,3-12H2,1-2H3. The molecule has 0 saturated heterocycles. The van der Waals surface area contributed by atoms with Gasteiger partial charge in [0.15, 0.2) is 0 Å². The van der Waals surface area contributed by atoms with Gasteiger partial charge in [-0.15, -0.1) is 0 Å².